The molecule has 0 radical (unpaired) electrons. The van der Waals surface area contributed by atoms with Gasteiger partial charge in [0.05, 0.1) is 7.11 Å². The Morgan fingerprint density at radius 3 is 2.60 bits per heavy atom. The van der Waals surface area contributed by atoms with E-state index in [1.807, 2.05) is 32.1 Å². The number of carboxylic acids is 1. The molecular weight excluding hydrogens is 192 g/mol. The molecule has 0 unspecified atom stereocenters. The van der Waals surface area contributed by atoms with Crippen LogP contribution in [0.25, 0.3) is 6.08 Å². The first-order chi connectivity index (χ1) is 7.10. The first-order valence-corrected chi connectivity index (χ1v) is 4.64. The predicted molar refractivity (Wildman–Crippen MR) is 59.4 cm³/mol. The van der Waals surface area contributed by atoms with Gasteiger partial charge in [-0.2, -0.15) is 0 Å². The van der Waals surface area contributed by atoms with Gasteiger partial charge in [0.2, 0.25) is 0 Å². The Balaban J connectivity index is 3.44. The molecule has 15 heavy (non-hydrogen) atoms. The molecule has 3 heteroatoms. The molecule has 1 aromatic carbocycles. The summed E-state index contributed by atoms with van der Waals surface area (Å²) in [6, 6.07) is 3.50. The Morgan fingerprint density at radius 1 is 1.47 bits per heavy atom. The summed E-state index contributed by atoms with van der Waals surface area (Å²) in [5, 5.41) is 9.01. The Bertz CT molecular complexity index is 406. The number of hydrogen-bond donors (Lipinski definition) is 1. The molecule has 0 saturated heterocycles. The number of benzene rings is 1. The zero-order valence-corrected chi connectivity index (χ0v) is 9.07. The summed E-state index contributed by atoms with van der Waals surface area (Å²) in [7, 11) is 1.48. The molecule has 1 aromatic rings. The Morgan fingerprint density at radius 2 is 2.13 bits per heavy atom. The lowest BCUT2D eigenvalue weighted by atomic mass is 10.0. The molecule has 0 atom stereocenters. The molecule has 0 aliphatic rings. The van der Waals surface area contributed by atoms with E-state index in [1.54, 1.807) is 6.07 Å². The van der Waals surface area contributed by atoms with Crippen molar-refractivity contribution in [1.82, 2.24) is 0 Å². The lowest BCUT2D eigenvalue weighted by molar-refractivity contribution is 0.0693. The fourth-order valence-corrected chi connectivity index (χ4v) is 1.49. The second-order valence-electron chi connectivity index (χ2n) is 3.24. The molecule has 0 aliphatic carbocycles. The van der Waals surface area contributed by atoms with Gasteiger partial charge in [-0.1, -0.05) is 12.2 Å². The van der Waals surface area contributed by atoms with E-state index in [1.165, 1.54) is 7.11 Å². The van der Waals surface area contributed by atoms with Crippen molar-refractivity contribution in [3.05, 3.63) is 34.9 Å². The normalized spacial score (nSPS) is 10.6. The zero-order valence-electron chi connectivity index (χ0n) is 9.07. The van der Waals surface area contributed by atoms with Crippen molar-refractivity contribution in [3.63, 3.8) is 0 Å². The highest BCUT2D eigenvalue weighted by molar-refractivity contribution is 5.92. The summed E-state index contributed by atoms with van der Waals surface area (Å²) < 4.78 is 5.11. The van der Waals surface area contributed by atoms with Crippen LogP contribution in [0.5, 0.6) is 5.75 Å². The largest absolute Gasteiger partial charge is 0.495 e. The fourth-order valence-electron chi connectivity index (χ4n) is 1.49. The van der Waals surface area contributed by atoms with Crippen LogP contribution in [-0.2, 0) is 0 Å². The summed E-state index contributed by atoms with van der Waals surface area (Å²) in [5.74, 6) is -0.562. The topological polar surface area (TPSA) is 46.5 Å². The minimum atomic E-state index is -0.971. The van der Waals surface area contributed by atoms with Crippen molar-refractivity contribution < 1.29 is 14.6 Å². The standard InChI is InChI=1S/C12H14O3/c1-4-5-9-6-8(2)7-10(12(13)14)11(9)15-3/h4-7H,1-3H3,(H,13,14). The number of carboxylic acid groups (broad SMARTS) is 1. The maximum atomic E-state index is 11.0. The van der Waals surface area contributed by atoms with Crippen LogP contribution in [-0.4, -0.2) is 18.2 Å². The van der Waals surface area contributed by atoms with Crippen molar-refractivity contribution in [2.45, 2.75) is 13.8 Å². The number of hydrogen-bond acceptors (Lipinski definition) is 2. The van der Waals surface area contributed by atoms with Crippen LogP contribution in [0, 0.1) is 6.92 Å². The maximum absolute atomic E-state index is 11.0. The van der Waals surface area contributed by atoms with E-state index in [-0.39, 0.29) is 5.56 Å². The molecule has 1 N–H and O–H groups in total. The van der Waals surface area contributed by atoms with Gasteiger partial charge in [0.25, 0.3) is 0 Å². The predicted octanol–water partition coefficient (Wildman–Crippen LogP) is 2.73. The molecule has 0 spiro atoms. The number of carbonyl (C=O) groups is 1. The van der Waals surface area contributed by atoms with Crippen LogP contribution in [0.4, 0.5) is 0 Å². The lowest BCUT2D eigenvalue weighted by Crippen LogP contribution is -2.02. The first-order valence-electron chi connectivity index (χ1n) is 4.64. The molecule has 80 valence electrons. The Kier molecular flexibility index (Phi) is 3.50. The van der Waals surface area contributed by atoms with E-state index < -0.39 is 5.97 Å². The molecule has 0 bridgehead atoms. The maximum Gasteiger partial charge on any atom is 0.339 e. The van der Waals surface area contributed by atoms with Gasteiger partial charge in [-0.25, -0.2) is 4.79 Å². The number of methoxy groups -OCH3 is 1. The smallest absolute Gasteiger partial charge is 0.339 e. The summed E-state index contributed by atoms with van der Waals surface area (Å²) in [6.45, 7) is 3.74. The van der Waals surface area contributed by atoms with Gasteiger partial charge in [-0.15, -0.1) is 0 Å². The van der Waals surface area contributed by atoms with Gasteiger partial charge >= 0.3 is 5.97 Å². The highest BCUT2D eigenvalue weighted by Crippen LogP contribution is 2.26. The summed E-state index contributed by atoms with van der Waals surface area (Å²) >= 11 is 0. The van der Waals surface area contributed by atoms with E-state index in [0.29, 0.717) is 5.75 Å². The van der Waals surface area contributed by atoms with E-state index >= 15 is 0 Å². The Labute approximate surface area is 89.0 Å². The van der Waals surface area contributed by atoms with Crippen molar-refractivity contribution >= 4 is 12.0 Å². The average molecular weight is 206 g/mol. The van der Waals surface area contributed by atoms with Crippen molar-refractivity contribution in [2.75, 3.05) is 7.11 Å². The minimum Gasteiger partial charge on any atom is -0.495 e. The second-order valence-corrected chi connectivity index (χ2v) is 3.24. The Hall–Kier alpha value is -1.77. The summed E-state index contributed by atoms with van der Waals surface area (Å²) in [4.78, 5) is 11.0. The highest BCUT2D eigenvalue weighted by atomic mass is 16.5. The van der Waals surface area contributed by atoms with Gasteiger partial charge in [0.15, 0.2) is 0 Å². The molecule has 0 aromatic heterocycles. The van der Waals surface area contributed by atoms with Gasteiger partial charge in [-0.05, 0) is 31.5 Å². The van der Waals surface area contributed by atoms with Gasteiger partial charge in [0.1, 0.15) is 11.3 Å². The molecular formula is C12H14O3. The van der Waals surface area contributed by atoms with Crippen LogP contribution in [0.2, 0.25) is 0 Å². The third-order valence-corrected chi connectivity index (χ3v) is 2.04. The van der Waals surface area contributed by atoms with Crippen molar-refractivity contribution in [2.24, 2.45) is 0 Å². The number of rotatable bonds is 3. The van der Waals surface area contributed by atoms with Crippen molar-refractivity contribution in [1.29, 1.82) is 0 Å². The van der Waals surface area contributed by atoms with E-state index in [4.69, 9.17) is 9.84 Å². The third-order valence-electron chi connectivity index (χ3n) is 2.04. The van der Waals surface area contributed by atoms with Crippen LogP contribution in [0.3, 0.4) is 0 Å². The molecule has 0 amide bonds. The van der Waals surface area contributed by atoms with Crippen LogP contribution < -0.4 is 4.74 Å². The quantitative estimate of drug-likeness (QED) is 0.827. The van der Waals surface area contributed by atoms with E-state index in [9.17, 15) is 4.79 Å². The second kappa shape index (κ2) is 4.64. The number of aromatic carboxylic acids is 1. The van der Waals surface area contributed by atoms with E-state index in [0.717, 1.165) is 11.1 Å². The summed E-state index contributed by atoms with van der Waals surface area (Å²) in [6.07, 6.45) is 3.68. The number of aryl methyl sites for hydroxylation is 1. The molecule has 0 aliphatic heterocycles. The minimum absolute atomic E-state index is 0.200. The highest BCUT2D eigenvalue weighted by Gasteiger charge is 2.14. The lowest BCUT2D eigenvalue weighted by Gasteiger charge is -2.09. The molecule has 3 nitrogen and oxygen atoms in total. The first kappa shape index (κ1) is 11.3. The molecule has 0 saturated carbocycles. The molecule has 1 rings (SSSR count). The van der Waals surface area contributed by atoms with Crippen LogP contribution >= 0.6 is 0 Å². The van der Waals surface area contributed by atoms with E-state index in [2.05, 4.69) is 0 Å². The van der Waals surface area contributed by atoms with Crippen LogP contribution in [0.1, 0.15) is 28.4 Å². The SMILES string of the molecule is CC=Cc1cc(C)cc(C(=O)O)c1OC. The summed E-state index contributed by atoms with van der Waals surface area (Å²) in [5.41, 5.74) is 1.89. The average Bonchev–Trinajstić information content (AvgIpc) is 2.17. The van der Waals surface area contributed by atoms with Gasteiger partial charge < -0.3 is 9.84 Å². The zero-order chi connectivity index (χ0) is 11.4. The molecule has 0 heterocycles. The van der Waals surface area contributed by atoms with Crippen LogP contribution in [0.15, 0.2) is 18.2 Å². The number of allylic oxidation sites excluding steroid dienone is 1. The monoisotopic (exact) mass is 206 g/mol. The third kappa shape index (κ3) is 2.37. The van der Waals surface area contributed by atoms with Gasteiger partial charge in [-0.3, -0.25) is 0 Å². The van der Waals surface area contributed by atoms with Gasteiger partial charge in [0, 0.05) is 5.56 Å². The number of ether oxygens (including phenoxy) is 1. The molecule has 0 fully saturated rings. The fraction of sp³-hybridized carbons (Fsp3) is 0.250. The van der Waals surface area contributed by atoms with Crippen molar-refractivity contribution in [3.8, 4) is 5.75 Å².